The molecule has 0 radical (unpaired) electrons. The molecule has 0 bridgehead atoms. The van der Waals surface area contributed by atoms with Crippen molar-refractivity contribution in [3.05, 3.63) is 36.0 Å². The fraction of sp³-hybridized carbons (Fsp3) is 0.455. The van der Waals surface area contributed by atoms with Gasteiger partial charge in [-0.1, -0.05) is 31.7 Å². The SMILES string of the molecule is COc1cccc(C(=O)NCCn2ncc3c(N4CCOCC4)nc(SC(C)C)nc32)c1. The molecule has 1 aliphatic rings. The predicted octanol–water partition coefficient (Wildman–Crippen LogP) is 2.60. The van der Waals surface area contributed by atoms with Gasteiger partial charge >= 0.3 is 0 Å². The van der Waals surface area contributed by atoms with Gasteiger partial charge in [-0.15, -0.1) is 0 Å². The van der Waals surface area contributed by atoms with Gasteiger partial charge in [0.15, 0.2) is 10.8 Å². The lowest BCUT2D eigenvalue weighted by Crippen LogP contribution is -2.37. The number of hydrogen-bond donors (Lipinski definition) is 1. The second-order valence-electron chi connectivity index (χ2n) is 7.69. The number of nitrogens with one attached hydrogen (secondary N) is 1. The van der Waals surface area contributed by atoms with Gasteiger partial charge in [-0.2, -0.15) is 5.10 Å². The number of anilines is 1. The summed E-state index contributed by atoms with van der Waals surface area (Å²) in [7, 11) is 1.58. The van der Waals surface area contributed by atoms with Crippen molar-refractivity contribution in [1.82, 2.24) is 25.1 Å². The van der Waals surface area contributed by atoms with Crippen LogP contribution in [0.25, 0.3) is 11.0 Å². The van der Waals surface area contributed by atoms with Crippen LogP contribution in [-0.4, -0.2) is 70.9 Å². The number of benzene rings is 1. The minimum atomic E-state index is -0.153. The molecule has 1 aromatic carbocycles. The molecule has 1 aliphatic heterocycles. The molecule has 0 spiro atoms. The molecule has 0 atom stereocenters. The number of hydrogen-bond acceptors (Lipinski definition) is 8. The molecule has 3 heterocycles. The molecule has 3 aromatic rings. The van der Waals surface area contributed by atoms with Gasteiger partial charge in [0, 0.05) is 30.4 Å². The largest absolute Gasteiger partial charge is 0.497 e. The summed E-state index contributed by atoms with van der Waals surface area (Å²) in [5.74, 6) is 1.39. The van der Waals surface area contributed by atoms with Crippen molar-refractivity contribution in [2.24, 2.45) is 0 Å². The van der Waals surface area contributed by atoms with Gasteiger partial charge in [-0.05, 0) is 18.2 Å². The smallest absolute Gasteiger partial charge is 0.251 e. The maximum Gasteiger partial charge on any atom is 0.251 e. The molecular weight excluding hydrogens is 428 g/mol. The van der Waals surface area contributed by atoms with E-state index in [1.807, 2.05) is 16.9 Å². The fourth-order valence-corrected chi connectivity index (χ4v) is 4.21. The molecule has 2 aromatic heterocycles. The lowest BCUT2D eigenvalue weighted by molar-refractivity contribution is 0.0951. The van der Waals surface area contributed by atoms with E-state index in [2.05, 4.69) is 29.2 Å². The summed E-state index contributed by atoms with van der Waals surface area (Å²) in [6.07, 6.45) is 1.81. The van der Waals surface area contributed by atoms with Crippen molar-refractivity contribution in [3.63, 3.8) is 0 Å². The zero-order valence-electron chi connectivity index (χ0n) is 18.6. The van der Waals surface area contributed by atoms with Crippen LogP contribution < -0.4 is 15.0 Å². The first-order valence-electron chi connectivity index (χ1n) is 10.7. The summed E-state index contributed by atoms with van der Waals surface area (Å²) >= 11 is 1.63. The van der Waals surface area contributed by atoms with Crippen molar-refractivity contribution in [3.8, 4) is 5.75 Å². The summed E-state index contributed by atoms with van der Waals surface area (Å²) in [6.45, 7) is 8.13. The summed E-state index contributed by atoms with van der Waals surface area (Å²) < 4.78 is 12.5. The number of morpholine rings is 1. The van der Waals surface area contributed by atoms with Crippen molar-refractivity contribution in [2.75, 3.05) is 44.9 Å². The lowest BCUT2D eigenvalue weighted by Gasteiger charge is -2.28. The maximum absolute atomic E-state index is 12.5. The van der Waals surface area contributed by atoms with Gasteiger partial charge in [-0.3, -0.25) is 4.79 Å². The normalized spacial score (nSPS) is 14.2. The summed E-state index contributed by atoms with van der Waals surface area (Å²) in [5.41, 5.74) is 1.34. The third kappa shape index (κ3) is 5.13. The molecule has 32 heavy (non-hydrogen) atoms. The Labute approximate surface area is 191 Å². The van der Waals surface area contributed by atoms with Crippen molar-refractivity contribution < 1.29 is 14.3 Å². The molecule has 1 N–H and O–H groups in total. The van der Waals surface area contributed by atoms with E-state index >= 15 is 0 Å². The van der Waals surface area contributed by atoms with Gasteiger partial charge in [0.1, 0.15) is 11.6 Å². The number of carbonyl (C=O) groups excluding carboxylic acids is 1. The highest BCUT2D eigenvalue weighted by Gasteiger charge is 2.20. The van der Waals surface area contributed by atoms with Crippen LogP contribution in [0.15, 0.2) is 35.6 Å². The van der Waals surface area contributed by atoms with Crippen LogP contribution in [0.5, 0.6) is 5.75 Å². The van der Waals surface area contributed by atoms with Crippen molar-refractivity contribution in [2.45, 2.75) is 30.8 Å². The van der Waals surface area contributed by atoms with Crippen LogP contribution >= 0.6 is 11.8 Å². The lowest BCUT2D eigenvalue weighted by atomic mass is 10.2. The standard InChI is InChI=1S/C22H28N6O3S/c1-15(2)32-22-25-19(27-9-11-31-12-10-27)18-14-24-28(20(18)26-22)8-7-23-21(29)16-5-4-6-17(13-16)30-3/h4-6,13-15H,7-12H2,1-3H3,(H,23,29). The van der Waals surface area contributed by atoms with Crippen molar-refractivity contribution >= 4 is 34.5 Å². The Hall–Kier alpha value is -2.85. The number of aromatic nitrogens is 4. The van der Waals surface area contributed by atoms with E-state index in [1.165, 1.54) is 0 Å². The number of nitrogens with zero attached hydrogens (tertiary/aromatic N) is 5. The average molecular weight is 457 g/mol. The monoisotopic (exact) mass is 456 g/mol. The molecule has 1 fully saturated rings. The molecule has 0 saturated carbocycles. The maximum atomic E-state index is 12.5. The van der Waals surface area contributed by atoms with E-state index in [0.717, 1.165) is 35.1 Å². The minimum absolute atomic E-state index is 0.153. The van der Waals surface area contributed by atoms with Crippen molar-refractivity contribution in [1.29, 1.82) is 0 Å². The second kappa shape index (κ2) is 10.2. The highest BCUT2D eigenvalue weighted by Crippen LogP contribution is 2.29. The molecule has 1 saturated heterocycles. The van der Waals surface area contributed by atoms with Gasteiger partial charge < -0.3 is 19.7 Å². The first-order valence-corrected chi connectivity index (χ1v) is 11.6. The predicted molar refractivity (Wildman–Crippen MR) is 125 cm³/mol. The number of rotatable bonds is 8. The second-order valence-corrected chi connectivity index (χ2v) is 9.23. The number of ether oxygens (including phenoxy) is 2. The Morgan fingerprint density at radius 1 is 1.28 bits per heavy atom. The van der Waals surface area contributed by atoms with Gasteiger partial charge in [-0.25, -0.2) is 14.6 Å². The van der Waals surface area contributed by atoms with E-state index < -0.39 is 0 Å². The molecule has 10 heteroatoms. The third-order valence-electron chi connectivity index (χ3n) is 5.05. The molecule has 4 rings (SSSR count). The van der Waals surface area contributed by atoms with E-state index in [4.69, 9.17) is 19.4 Å². The Morgan fingerprint density at radius 2 is 2.09 bits per heavy atom. The van der Waals surface area contributed by atoms with Crippen LogP contribution in [-0.2, 0) is 11.3 Å². The topological polar surface area (TPSA) is 94.4 Å². The molecule has 0 aliphatic carbocycles. The van der Waals surface area contributed by atoms with E-state index in [1.54, 1.807) is 37.1 Å². The van der Waals surface area contributed by atoms with E-state index in [-0.39, 0.29) is 5.91 Å². The number of carbonyl (C=O) groups is 1. The van der Waals surface area contributed by atoms with Crippen LogP contribution in [0.2, 0.25) is 0 Å². The first kappa shape index (κ1) is 22.3. The number of thioether (sulfide) groups is 1. The van der Waals surface area contributed by atoms with Gasteiger partial charge in [0.25, 0.3) is 5.91 Å². The Morgan fingerprint density at radius 3 is 2.84 bits per heavy atom. The molecule has 9 nitrogen and oxygen atoms in total. The molecule has 0 unspecified atom stereocenters. The van der Waals surface area contributed by atoms with Crippen LogP contribution in [0.3, 0.4) is 0 Å². The van der Waals surface area contributed by atoms with Crippen LogP contribution in [0, 0.1) is 0 Å². The van der Waals surface area contributed by atoms with Gasteiger partial charge in [0.2, 0.25) is 0 Å². The zero-order chi connectivity index (χ0) is 22.5. The van der Waals surface area contributed by atoms with E-state index in [0.29, 0.717) is 42.9 Å². The van der Waals surface area contributed by atoms with Crippen LogP contribution in [0.1, 0.15) is 24.2 Å². The minimum Gasteiger partial charge on any atom is -0.497 e. The summed E-state index contributed by atoms with van der Waals surface area (Å²) in [5, 5.41) is 9.50. The number of fused-ring (bicyclic) bond motifs is 1. The highest BCUT2D eigenvalue weighted by atomic mass is 32.2. The molecule has 170 valence electrons. The summed E-state index contributed by atoms with van der Waals surface area (Å²) in [4.78, 5) is 24.3. The Balaban J connectivity index is 1.52. The fourth-order valence-electron chi connectivity index (χ4n) is 3.51. The Bertz CT molecular complexity index is 1080. The third-order valence-corrected chi connectivity index (χ3v) is 5.91. The first-order chi connectivity index (χ1) is 15.5. The van der Waals surface area contributed by atoms with E-state index in [9.17, 15) is 4.79 Å². The highest BCUT2D eigenvalue weighted by molar-refractivity contribution is 7.99. The molecule has 1 amide bonds. The summed E-state index contributed by atoms with van der Waals surface area (Å²) in [6, 6.07) is 7.09. The Kier molecular flexibility index (Phi) is 7.11. The van der Waals surface area contributed by atoms with Gasteiger partial charge in [0.05, 0.1) is 38.5 Å². The van der Waals surface area contributed by atoms with Crippen LogP contribution in [0.4, 0.5) is 5.82 Å². The number of methoxy groups -OCH3 is 1. The zero-order valence-corrected chi connectivity index (χ0v) is 19.4. The quantitative estimate of drug-likeness (QED) is 0.408. The molecular formula is C22H28N6O3S. The number of amides is 1. The average Bonchev–Trinajstić information content (AvgIpc) is 3.21.